The van der Waals surface area contributed by atoms with Gasteiger partial charge in [-0.05, 0) is 79.6 Å². The van der Waals surface area contributed by atoms with Gasteiger partial charge in [-0.2, -0.15) is 0 Å². The zero-order chi connectivity index (χ0) is 28.1. The number of thiophene rings is 1. The number of para-hydroxylation sites is 1. The number of morpholine rings is 1. The van der Waals surface area contributed by atoms with Crippen molar-refractivity contribution in [1.29, 1.82) is 0 Å². The zero-order valence-electron chi connectivity index (χ0n) is 22.6. The highest BCUT2D eigenvalue weighted by molar-refractivity contribution is 7.18. The Morgan fingerprint density at radius 3 is 2.27 bits per heavy atom. The van der Waals surface area contributed by atoms with E-state index in [2.05, 4.69) is 6.92 Å². The number of rotatable bonds is 8. The van der Waals surface area contributed by atoms with Crippen LogP contribution < -0.4 is 9.64 Å². The van der Waals surface area contributed by atoms with Crippen molar-refractivity contribution < 1.29 is 29.0 Å². The maximum absolute atomic E-state index is 13.9. The molecular weight excluding hydrogens is 528 g/mol. The number of anilines is 1. The Morgan fingerprint density at radius 1 is 0.975 bits per heavy atom. The van der Waals surface area contributed by atoms with Gasteiger partial charge in [-0.3, -0.25) is 9.59 Å². The third kappa shape index (κ3) is 6.54. The van der Waals surface area contributed by atoms with E-state index in [-0.39, 0.29) is 34.8 Å². The molecule has 9 heteroatoms. The number of amides is 2. The van der Waals surface area contributed by atoms with Crippen LogP contribution >= 0.6 is 11.3 Å². The molecule has 2 fully saturated rings. The van der Waals surface area contributed by atoms with Crippen LogP contribution in [0.4, 0.5) is 5.69 Å². The molecule has 0 unspecified atom stereocenters. The molecule has 1 saturated heterocycles. The number of carbonyl (C=O) groups is 3. The van der Waals surface area contributed by atoms with E-state index in [0.29, 0.717) is 42.8 Å². The largest absolute Gasteiger partial charge is 0.477 e. The van der Waals surface area contributed by atoms with Gasteiger partial charge in [0, 0.05) is 23.9 Å². The number of nitrogens with zero attached hydrogens (tertiary/aromatic N) is 2. The third-order valence-electron chi connectivity index (χ3n) is 7.60. The fraction of sp³-hybridized carbons (Fsp3) is 0.387. The fourth-order valence-corrected chi connectivity index (χ4v) is 6.25. The van der Waals surface area contributed by atoms with E-state index in [1.807, 2.05) is 54.6 Å². The Hall–Kier alpha value is -3.69. The van der Waals surface area contributed by atoms with Crippen LogP contribution in [0.3, 0.4) is 0 Å². The first-order valence-electron chi connectivity index (χ1n) is 13.8. The summed E-state index contributed by atoms with van der Waals surface area (Å²) in [6.45, 7) is 3.82. The van der Waals surface area contributed by atoms with E-state index in [1.165, 1.54) is 4.90 Å². The van der Waals surface area contributed by atoms with Gasteiger partial charge in [0.2, 0.25) is 11.8 Å². The fourth-order valence-electron chi connectivity index (χ4n) is 5.25. The minimum absolute atomic E-state index is 0.0481. The number of carboxylic acids is 1. The molecular formula is C31H34N2O6S. The normalized spacial score (nSPS) is 19.2. The molecule has 1 N–H and O–H groups in total. The van der Waals surface area contributed by atoms with Crippen molar-refractivity contribution in [1.82, 2.24) is 4.90 Å². The first-order valence-corrected chi connectivity index (χ1v) is 14.6. The van der Waals surface area contributed by atoms with Crippen molar-refractivity contribution >= 4 is 34.8 Å². The summed E-state index contributed by atoms with van der Waals surface area (Å²) >= 11 is 1.11. The van der Waals surface area contributed by atoms with E-state index >= 15 is 0 Å². The molecule has 40 heavy (non-hydrogen) atoms. The molecule has 0 bridgehead atoms. The molecule has 2 amide bonds. The van der Waals surface area contributed by atoms with Gasteiger partial charge in [0.05, 0.1) is 18.9 Å². The van der Waals surface area contributed by atoms with E-state index in [1.54, 1.807) is 11.0 Å². The molecule has 2 heterocycles. The Labute approximate surface area is 238 Å². The summed E-state index contributed by atoms with van der Waals surface area (Å²) in [4.78, 5) is 43.4. The van der Waals surface area contributed by atoms with Gasteiger partial charge < -0.3 is 24.4 Å². The van der Waals surface area contributed by atoms with Crippen LogP contribution in [0.15, 0.2) is 60.7 Å². The highest BCUT2D eigenvalue weighted by atomic mass is 32.1. The number of hydrogen-bond acceptors (Lipinski definition) is 6. The molecule has 1 aliphatic carbocycles. The predicted molar refractivity (Wildman–Crippen MR) is 154 cm³/mol. The molecule has 2 aliphatic rings. The van der Waals surface area contributed by atoms with Crippen molar-refractivity contribution in [3.63, 3.8) is 0 Å². The van der Waals surface area contributed by atoms with E-state index in [0.717, 1.165) is 48.3 Å². The van der Waals surface area contributed by atoms with Crippen LogP contribution in [0.1, 0.15) is 42.3 Å². The van der Waals surface area contributed by atoms with Crippen molar-refractivity contribution in [2.24, 2.45) is 11.8 Å². The lowest BCUT2D eigenvalue weighted by atomic mass is 9.82. The summed E-state index contributed by atoms with van der Waals surface area (Å²) in [6.07, 6.45) is 3.37. The summed E-state index contributed by atoms with van der Waals surface area (Å²) in [5, 5.41) is 10.1. The van der Waals surface area contributed by atoms with E-state index in [9.17, 15) is 19.5 Å². The minimum Gasteiger partial charge on any atom is -0.477 e. The lowest BCUT2D eigenvalue weighted by Gasteiger charge is -2.33. The SMILES string of the molecule is CC1CCC(C(=O)N(CC(=O)N2CCOCC2)c2cc(-c3ccc(Oc4ccccc4)cc3)sc2C(=O)O)CC1. The van der Waals surface area contributed by atoms with Crippen LogP contribution in [0, 0.1) is 11.8 Å². The average Bonchev–Trinajstić information content (AvgIpc) is 3.43. The molecule has 1 saturated carbocycles. The van der Waals surface area contributed by atoms with Crippen LogP contribution in [0.2, 0.25) is 0 Å². The van der Waals surface area contributed by atoms with Gasteiger partial charge in [-0.1, -0.05) is 25.1 Å². The Balaban J connectivity index is 1.44. The van der Waals surface area contributed by atoms with Crippen molar-refractivity contribution in [2.45, 2.75) is 32.6 Å². The second-order valence-electron chi connectivity index (χ2n) is 10.4. The number of ether oxygens (including phenoxy) is 2. The van der Waals surface area contributed by atoms with Crippen LogP contribution in [-0.2, 0) is 14.3 Å². The summed E-state index contributed by atoms with van der Waals surface area (Å²) in [6, 6.07) is 18.6. The minimum atomic E-state index is -1.12. The van der Waals surface area contributed by atoms with Gasteiger partial charge in [-0.25, -0.2) is 4.79 Å². The summed E-state index contributed by atoms with van der Waals surface area (Å²) in [5.41, 5.74) is 1.08. The maximum atomic E-state index is 13.9. The number of aromatic carboxylic acids is 1. The summed E-state index contributed by atoms with van der Waals surface area (Å²) in [5.74, 6) is 0.211. The maximum Gasteiger partial charge on any atom is 0.348 e. The smallest absolute Gasteiger partial charge is 0.348 e. The monoisotopic (exact) mass is 562 g/mol. The van der Waals surface area contributed by atoms with Crippen LogP contribution in [0.5, 0.6) is 11.5 Å². The van der Waals surface area contributed by atoms with Crippen LogP contribution in [-0.4, -0.2) is 60.6 Å². The first-order chi connectivity index (χ1) is 19.4. The van der Waals surface area contributed by atoms with Gasteiger partial charge in [0.1, 0.15) is 22.9 Å². The summed E-state index contributed by atoms with van der Waals surface area (Å²) < 4.78 is 11.3. The third-order valence-corrected chi connectivity index (χ3v) is 8.76. The topological polar surface area (TPSA) is 96.4 Å². The second kappa shape index (κ2) is 12.7. The van der Waals surface area contributed by atoms with Crippen LogP contribution in [0.25, 0.3) is 10.4 Å². The number of hydrogen-bond donors (Lipinski definition) is 1. The summed E-state index contributed by atoms with van der Waals surface area (Å²) in [7, 11) is 0. The molecule has 5 rings (SSSR count). The Bertz CT molecular complexity index is 1330. The van der Waals surface area contributed by atoms with Crippen molar-refractivity contribution in [3.05, 3.63) is 65.5 Å². The lowest BCUT2D eigenvalue weighted by Crippen LogP contribution is -2.48. The molecule has 2 aromatic carbocycles. The first kappa shape index (κ1) is 27.9. The van der Waals surface area contributed by atoms with Gasteiger partial charge in [0.15, 0.2) is 0 Å². The lowest BCUT2D eigenvalue weighted by molar-refractivity contribution is -0.135. The molecule has 210 valence electrons. The van der Waals surface area contributed by atoms with Crippen molar-refractivity contribution in [2.75, 3.05) is 37.7 Å². The predicted octanol–water partition coefficient (Wildman–Crippen LogP) is 5.92. The molecule has 8 nitrogen and oxygen atoms in total. The number of benzene rings is 2. The molecule has 1 aromatic heterocycles. The molecule has 0 atom stereocenters. The van der Waals surface area contributed by atoms with E-state index < -0.39 is 5.97 Å². The molecule has 0 spiro atoms. The average molecular weight is 563 g/mol. The van der Waals surface area contributed by atoms with Crippen molar-refractivity contribution in [3.8, 4) is 21.9 Å². The standard InChI is InChI=1S/C31H34N2O6S/c1-21-7-9-23(10-8-21)30(35)33(20-28(34)32-15-17-38-18-16-32)26-19-27(40-29(26)31(36)37)22-11-13-25(14-12-22)39-24-5-3-2-4-6-24/h2-6,11-14,19,21,23H,7-10,15-18,20H2,1H3,(H,36,37). The Morgan fingerprint density at radius 2 is 1.62 bits per heavy atom. The van der Waals surface area contributed by atoms with E-state index in [4.69, 9.17) is 9.47 Å². The Kier molecular flexibility index (Phi) is 8.81. The second-order valence-corrected chi connectivity index (χ2v) is 11.5. The highest BCUT2D eigenvalue weighted by Crippen LogP contribution is 2.39. The molecule has 3 aromatic rings. The van der Waals surface area contributed by atoms with Gasteiger partial charge in [0.25, 0.3) is 0 Å². The highest BCUT2D eigenvalue weighted by Gasteiger charge is 2.34. The number of carbonyl (C=O) groups excluding carboxylic acids is 2. The quantitative estimate of drug-likeness (QED) is 0.366. The molecule has 0 radical (unpaired) electrons. The van der Waals surface area contributed by atoms with Gasteiger partial charge in [-0.15, -0.1) is 11.3 Å². The molecule has 1 aliphatic heterocycles. The zero-order valence-corrected chi connectivity index (χ0v) is 23.4. The van der Waals surface area contributed by atoms with Gasteiger partial charge >= 0.3 is 5.97 Å². The number of carboxylic acid groups (broad SMARTS) is 1.